The summed E-state index contributed by atoms with van der Waals surface area (Å²) in [6, 6.07) is 3.52. The molecule has 6 nitrogen and oxygen atoms in total. The molecule has 0 bridgehead atoms. The highest BCUT2D eigenvalue weighted by molar-refractivity contribution is 5.93. The Morgan fingerprint density at radius 1 is 1.37 bits per heavy atom. The van der Waals surface area contributed by atoms with Crippen molar-refractivity contribution in [2.24, 2.45) is 5.92 Å². The third-order valence-corrected chi connectivity index (χ3v) is 4.84. The first-order chi connectivity index (χ1) is 13.2. The fourth-order valence-electron chi connectivity index (χ4n) is 3.10. The smallest absolute Gasteiger partial charge is 0.270 e. The molecule has 2 heterocycles. The number of amides is 1. The normalized spacial score (nSPS) is 17.8. The van der Waals surface area contributed by atoms with Crippen LogP contribution in [0.4, 0.5) is 10.1 Å². The van der Waals surface area contributed by atoms with Gasteiger partial charge in [-0.05, 0) is 57.1 Å². The zero-order valence-corrected chi connectivity index (χ0v) is 16.1. The van der Waals surface area contributed by atoms with Crippen molar-refractivity contribution in [2.45, 2.75) is 45.1 Å². The third-order valence-electron chi connectivity index (χ3n) is 4.84. The second-order valence-corrected chi connectivity index (χ2v) is 7.46. The molecule has 1 aliphatic heterocycles. The van der Waals surface area contributed by atoms with Crippen LogP contribution in [0.3, 0.4) is 0 Å². The summed E-state index contributed by atoms with van der Waals surface area (Å²) in [4.78, 5) is 19.3. The van der Waals surface area contributed by atoms with E-state index in [4.69, 9.17) is 9.47 Å². The Labute approximate surface area is 160 Å². The summed E-state index contributed by atoms with van der Waals surface area (Å²) < 4.78 is 23.4. The monoisotopic (exact) mass is 379 g/mol. The Bertz CT molecular complexity index is 618. The molecular formula is C20H30FN3O3. The maximum Gasteiger partial charge on any atom is 0.270 e. The molecule has 2 fully saturated rings. The summed E-state index contributed by atoms with van der Waals surface area (Å²) >= 11 is 0. The summed E-state index contributed by atoms with van der Waals surface area (Å²) in [5.74, 6) is 0.932. The van der Waals surface area contributed by atoms with Crippen LogP contribution >= 0.6 is 0 Å². The van der Waals surface area contributed by atoms with Crippen LogP contribution in [0.15, 0.2) is 12.1 Å². The lowest BCUT2D eigenvalue weighted by Gasteiger charge is -2.21. The first-order valence-electron chi connectivity index (χ1n) is 10.0. The summed E-state index contributed by atoms with van der Waals surface area (Å²) in [7, 11) is 0. The van der Waals surface area contributed by atoms with Gasteiger partial charge in [0.25, 0.3) is 5.91 Å². The van der Waals surface area contributed by atoms with Crippen LogP contribution in [0.1, 0.15) is 49.5 Å². The number of aromatic nitrogens is 1. The molecule has 1 atom stereocenters. The molecular weight excluding hydrogens is 349 g/mol. The quantitative estimate of drug-likeness (QED) is 0.599. The minimum absolute atomic E-state index is 0.173. The molecule has 1 aliphatic carbocycles. The predicted octanol–water partition coefficient (Wildman–Crippen LogP) is 2.97. The third kappa shape index (κ3) is 6.06. The van der Waals surface area contributed by atoms with Crippen molar-refractivity contribution in [3.8, 4) is 5.88 Å². The van der Waals surface area contributed by atoms with Gasteiger partial charge in [-0.25, -0.2) is 4.98 Å². The Hall–Kier alpha value is -1.89. The number of rotatable bonds is 11. The number of nitrogens with one attached hydrogen (secondary N) is 1. The van der Waals surface area contributed by atoms with Crippen molar-refractivity contribution in [2.75, 3.05) is 44.5 Å². The lowest BCUT2D eigenvalue weighted by molar-refractivity contribution is 0.0835. The van der Waals surface area contributed by atoms with Gasteiger partial charge in [0.2, 0.25) is 5.88 Å². The van der Waals surface area contributed by atoms with Crippen molar-refractivity contribution in [3.05, 3.63) is 17.8 Å². The van der Waals surface area contributed by atoms with Crippen molar-refractivity contribution in [1.29, 1.82) is 0 Å². The van der Waals surface area contributed by atoms with Gasteiger partial charge in [0.05, 0.1) is 25.6 Å². The molecule has 0 radical (unpaired) electrons. The van der Waals surface area contributed by atoms with Gasteiger partial charge < -0.3 is 19.7 Å². The number of carbonyl (C=O) groups excluding carboxylic acids is 1. The summed E-state index contributed by atoms with van der Waals surface area (Å²) in [6.45, 7) is 4.84. The van der Waals surface area contributed by atoms with Crippen LogP contribution < -0.4 is 15.0 Å². The number of hydrogen-bond donors (Lipinski definition) is 1. The molecule has 1 saturated heterocycles. The van der Waals surface area contributed by atoms with Gasteiger partial charge in [0, 0.05) is 25.7 Å². The Morgan fingerprint density at radius 3 is 2.85 bits per heavy atom. The van der Waals surface area contributed by atoms with E-state index in [9.17, 15) is 9.18 Å². The van der Waals surface area contributed by atoms with Crippen molar-refractivity contribution in [1.82, 2.24) is 10.3 Å². The van der Waals surface area contributed by atoms with E-state index in [1.54, 1.807) is 6.07 Å². The van der Waals surface area contributed by atoms with E-state index >= 15 is 0 Å². The number of alkyl halides is 1. The molecule has 1 unspecified atom stereocenters. The first kappa shape index (κ1) is 19.9. The first-order valence-corrected chi connectivity index (χ1v) is 10.0. The molecule has 150 valence electrons. The molecule has 7 heteroatoms. The number of halogens is 1. The molecule has 1 N–H and O–H groups in total. The van der Waals surface area contributed by atoms with Crippen molar-refractivity contribution >= 4 is 11.6 Å². The average Bonchev–Trinajstić information content (AvgIpc) is 3.34. The highest BCUT2D eigenvalue weighted by Crippen LogP contribution is 2.33. The van der Waals surface area contributed by atoms with E-state index in [0.717, 1.165) is 18.8 Å². The van der Waals surface area contributed by atoms with E-state index in [-0.39, 0.29) is 11.9 Å². The topological polar surface area (TPSA) is 63.7 Å². The van der Waals surface area contributed by atoms with Crippen LogP contribution in [-0.4, -0.2) is 56.5 Å². The highest BCUT2D eigenvalue weighted by Gasteiger charge is 2.25. The van der Waals surface area contributed by atoms with E-state index in [1.165, 1.54) is 25.7 Å². The molecule has 1 aromatic heterocycles. The van der Waals surface area contributed by atoms with E-state index < -0.39 is 6.67 Å². The fraction of sp³-hybridized carbons (Fsp3) is 0.700. The highest BCUT2D eigenvalue weighted by atomic mass is 19.1. The fourth-order valence-corrected chi connectivity index (χ4v) is 3.10. The molecule has 0 spiro atoms. The minimum atomic E-state index is -0.391. The maximum atomic E-state index is 12.5. The average molecular weight is 379 g/mol. The Morgan fingerprint density at radius 2 is 2.15 bits per heavy atom. The largest absolute Gasteiger partial charge is 0.476 e. The van der Waals surface area contributed by atoms with Crippen LogP contribution in [-0.2, 0) is 4.74 Å². The van der Waals surface area contributed by atoms with Gasteiger partial charge >= 0.3 is 0 Å². The summed E-state index contributed by atoms with van der Waals surface area (Å²) in [5, 5.41) is 2.88. The molecule has 1 saturated carbocycles. The molecule has 0 aromatic carbocycles. The SMILES string of the molecule is CC(COCCCF)NC(=O)c1ccc(N2CCCC2)c(OCC2CC2)n1. The Kier molecular flexibility index (Phi) is 7.26. The number of anilines is 1. The van der Waals surface area contributed by atoms with Crippen molar-refractivity contribution < 1.29 is 18.7 Å². The van der Waals surface area contributed by atoms with Crippen molar-refractivity contribution in [3.63, 3.8) is 0 Å². The lowest BCUT2D eigenvalue weighted by Crippen LogP contribution is -2.36. The van der Waals surface area contributed by atoms with Crippen LogP contribution in [0, 0.1) is 5.92 Å². The zero-order valence-electron chi connectivity index (χ0n) is 16.1. The summed E-state index contributed by atoms with van der Waals surface area (Å²) in [6.07, 6.45) is 5.13. The molecule has 27 heavy (non-hydrogen) atoms. The molecule has 3 rings (SSSR count). The van der Waals surface area contributed by atoms with Gasteiger partial charge in [-0.15, -0.1) is 0 Å². The van der Waals surface area contributed by atoms with Crippen LogP contribution in [0.2, 0.25) is 0 Å². The second-order valence-electron chi connectivity index (χ2n) is 7.46. The van der Waals surface area contributed by atoms with Crippen LogP contribution in [0.25, 0.3) is 0 Å². The maximum absolute atomic E-state index is 12.5. The minimum Gasteiger partial charge on any atom is -0.476 e. The van der Waals surface area contributed by atoms with E-state index in [1.807, 2.05) is 13.0 Å². The second kappa shape index (κ2) is 9.88. The van der Waals surface area contributed by atoms with Gasteiger partial charge in [-0.2, -0.15) is 0 Å². The summed E-state index contributed by atoms with van der Waals surface area (Å²) in [5.41, 5.74) is 1.33. The molecule has 1 amide bonds. The number of hydrogen-bond acceptors (Lipinski definition) is 5. The van der Waals surface area contributed by atoms with Gasteiger partial charge in [0.1, 0.15) is 5.69 Å². The van der Waals surface area contributed by atoms with Gasteiger partial charge in [0.15, 0.2) is 0 Å². The predicted molar refractivity (Wildman–Crippen MR) is 102 cm³/mol. The van der Waals surface area contributed by atoms with Gasteiger partial charge in [-0.3, -0.25) is 9.18 Å². The van der Waals surface area contributed by atoms with Crippen LogP contribution in [0.5, 0.6) is 5.88 Å². The standard InChI is InChI=1S/C20H30FN3O3/c1-15(13-26-12-4-9-21)22-19(25)17-7-8-18(24-10-2-3-11-24)20(23-17)27-14-16-5-6-16/h7-8,15-16H,2-6,9-14H2,1H3,(H,22,25). The Balaban J connectivity index is 1.61. The molecule has 1 aromatic rings. The number of nitrogens with zero attached hydrogens (tertiary/aromatic N) is 2. The zero-order chi connectivity index (χ0) is 19.1. The number of pyridine rings is 1. The van der Waals surface area contributed by atoms with E-state index in [2.05, 4.69) is 15.2 Å². The lowest BCUT2D eigenvalue weighted by atomic mass is 10.2. The van der Waals surface area contributed by atoms with E-state index in [0.29, 0.717) is 43.7 Å². The van der Waals surface area contributed by atoms with Gasteiger partial charge in [-0.1, -0.05) is 0 Å². The molecule has 2 aliphatic rings. The number of ether oxygens (including phenoxy) is 2. The number of carbonyl (C=O) groups is 1.